The highest BCUT2D eigenvalue weighted by molar-refractivity contribution is 5.75. The van der Waals surface area contributed by atoms with Crippen LogP contribution in [0.1, 0.15) is 40.0 Å². The third kappa shape index (κ3) is 2.53. The van der Waals surface area contributed by atoms with Crippen LogP contribution < -0.4 is 5.32 Å². The summed E-state index contributed by atoms with van der Waals surface area (Å²) in [7, 11) is 0. The maximum atomic E-state index is 11.5. The van der Waals surface area contributed by atoms with Crippen LogP contribution in [-0.2, 0) is 9.53 Å². The number of ether oxygens (including phenoxy) is 1. The Balaban J connectivity index is 1.72. The van der Waals surface area contributed by atoms with Gasteiger partial charge in [-0.1, -0.05) is 0 Å². The van der Waals surface area contributed by atoms with Crippen LogP contribution >= 0.6 is 0 Å². The standard InChI is InChI=1S/C12H19NO4/c1-11(2,3)17-10(16)13-7-4-12(5-7)6-8(12)9(14)15/h7-8H,4-6H2,1-3H3,(H,13,16)(H,14,15). The molecule has 0 aliphatic heterocycles. The SMILES string of the molecule is CC(C)(C)OC(=O)NC1CC2(C1)CC2C(=O)O. The number of carbonyl (C=O) groups is 2. The van der Waals surface area contributed by atoms with Crippen LogP contribution in [0, 0.1) is 11.3 Å². The van der Waals surface area contributed by atoms with Gasteiger partial charge in [0.05, 0.1) is 5.92 Å². The Morgan fingerprint density at radius 1 is 1.29 bits per heavy atom. The number of carboxylic acids is 1. The zero-order valence-corrected chi connectivity index (χ0v) is 10.4. The third-order valence-corrected chi connectivity index (χ3v) is 3.51. The average Bonchev–Trinajstić information content (AvgIpc) is 2.74. The van der Waals surface area contributed by atoms with Crippen LogP contribution in [0.5, 0.6) is 0 Å². The van der Waals surface area contributed by atoms with Gasteiger partial charge < -0.3 is 15.2 Å². The lowest BCUT2D eigenvalue weighted by Crippen LogP contribution is -2.48. The van der Waals surface area contributed by atoms with Gasteiger partial charge in [-0.2, -0.15) is 0 Å². The Labute approximate surface area is 101 Å². The van der Waals surface area contributed by atoms with Crippen molar-refractivity contribution in [2.45, 2.75) is 51.7 Å². The summed E-state index contributed by atoms with van der Waals surface area (Å²) >= 11 is 0. The number of carboxylic acid groups (broad SMARTS) is 1. The maximum Gasteiger partial charge on any atom is 0.407 e. The second kappa shape index (κ2) is 3.62. The quantitative estimate of drug-likeness (QED) is 0.772. The van der Waals surface area contributed by atoms with Crippen LogP contribution in [0.3, 0.4) is 0 Å². The molecule has 1 unspecified atom stereocenters. The normalized spacial score (nSPS) is 35.0. The second-order valence-corrected chi connectivity index (χ2v) is 6.21. The van der Waals surface area contributed by atoms with E-state index in [9.17, 15) is 9.59 Å². The largest absolute Gasteiger partial charge is 0.481 e. The highest BCUT2D eigenvalue weighted by Gasteiger charge is 2.65. The summed E-state index contributed by atoms with van der Waals surface area (Å²) < 4.78 is 5.14. The van der Waals surface area contributed by atoms with E-state index in [2.05, 4.69) is 5.32 Å². The predicted molar refractivity (Wildman–Crippen MR) is 60.6 cm³/mol. The number of rotatable bonds is 2. The van der Waals surface area contributed by atoms with Crippen LogP contribution in [0.4, 0.5) is 4.79 Å². The Kier molecular flexibility index (Phi) is 2.60. The van der Waals surface area contributed by atoms with Gasteiger partial charge in [0.1, 0.15) is 5.60 Å². The van der Waals surface area contributed by atoms with Gasteiger partial charge in [-0.05, 0) is 45.4 Å². The Morgan fingerprint density at radius 3 is 2.29 bits per heavy atom. The number of amides is 1. The van der Waals surface area contributed by atoms with Crippen molar-refractivity contribution in [1.29, 1.82) is 0 Å². The fourth-order valence-corrected chi connectivity index (χ4v) is 2.65. The van der Waals surface area contributed by atoms with Crippen molar-refractivity contribution in [2.75, 3.05) is 0 Å². The van der Waals surface area contributed by atoms with Crippen LogP contribution in [-0.4, -0.2) is 28.8 Å². The fourth-order valence-electron chi connectivity index (χ4n) is 2.65. The minimum atomic E-state index is -0.708. The first-order valence-electron chi connectivity index (χ1n) is 5.94. The van der Waals surface area contributed by atoms with Gasteiger partial charge in [0, 0.05) is 6.04 Å². The highest BCUT2D eigenvalue weighted by Crippen LogP contribution is 2.65. The lowest BCUT2D eigenvalue weighted by atomic mass is 9.75. The van der Waals surface area contributed by atoms with Gasteiger partial charge in [-0.3, -0.25) is 4.79 Å². The van der Waals surface area contributed by atoms with E-state index in [1.165, 1.54) is 0 Å². The second-order valence-electron chi connectivity index (χ2n) is 6.21. The van der Waals surface area contributed by atoms with Gasteiger partial charge in [-0.25, -0.2) is 4.79 Å². The van der Waals surface area contributed by atoms with Crippen molar-refractivity contribution >= 4 is 12.1 Å². The molecule has 1 amide bonds. The molecular formula is C12H19NO4. The van der Waals surface area contributed by atoms with E-state index in [1.54, 1.807) is 0 Å². The molecule has 2 aliphatic carbocycles. The predicted octanol–water partition coefficient (Wildman–Crippen LogP) is 1.76. The topological polar surface area (TPSA) is 75.6 Å². The highest BCUT2D eigenvalue weighted by atomic mass is 16.6. The van der Waals surface area contributed by atoms with E-state index in [0.717, 1.165) is 19.3 Å². The van der Waals surface area contributed by atoms with Gasteiger partial charge in [-0.15, -0.1) is 0 Å². The van der Waals surface area contributed by atoms with Crippen molar-refractivity contribution in [3.8, 4) is 0 Å². The molecule has 5 heteroatoms. The molecule has 1 atom stereocenters. The molecule has 96 valence electrons. The van der Waals surface area contributed by atoms with Crippen molar-refractivity contribution in [1.82, 2.24) is 5.32 Å². The molecule has 2 aliphatic rings. The fraction of sp³-hybridized carbons (Fsp3) is 0.833. The molecule has 2 saturated carbocycles. The van der Waals surface area contributed by atoms with E-state index >= 15 is 0 Å². The summed E-state index contributed by atoms with van der Waals surface area (Å²) in [5.74, 6) is -0.903. The zero-order valence-electron chi connectivity index (χ0n) is 10.4. The van der Waals surface area contributed by atoms with Gasteiger partial charge >= 0.3 is 12.1 Å². The summed E-state index contributed by atoms with van der Waals surface area (Å²) in [6.07, 6.45) is 1.88. The van der Waals surface area contributed by atoms with Crippen LogP contribution in [0.15, 0.2) is 0 Å². The molecule has 2 fully saturated rings. The number of nitrogens with one attached hydrogen (secondary N) is 1. The van der Waals surface area contributed by atoms with Crippen molar-refractivity contribution in [3.63, 3.8) is 0 Å². The molecule has 1 spiro atoms. The van der Waals surface area contributed by atoms with Gasteiger partial charge in [0.25, 0.3) is 0 Å². The maximum absolute atomic E-state index is 11.5. The first kappa shape index (κ1) is 12.2. The molecule has 0 aromatic rings. The van der Waals surface area contributed by atoms with E-state index in [1.807, 2.05) is 20.8 Å². The van der Waals surface area contributed by atoms with Crippen LogP contribution in [0.25, 0.3) is 0 Å². The average molecular weight is 241 g/mol. The molecule has 5 nitrogen and oxygen atoms in total. The van der Waals surface area contributed by atoms with Crippen LogP contribution in [0.2, 0.25) is 0 Å². The van der Waals surface area contributed by atoms with Crippen molar-refractivity contribution < 1.29 is 19.4 Å². The molecule has 0 aromatic heterocycles. The van der Waals surface area contributed by atoms with E-state index in [0.29, 0.717) is 0 Å². The van der Waals surface area contributed by atoms with Crippen molar-refractivity contribution in [2.24, 2.45) is 11.3 Å². The summed E-state index contributed by atoms with van der Waals surface area (Å²) in [6.45, 7) is 5.45. The molecular weight excluding hydrogens is 222 g/mol. The molecule has 0 radical (unpaired) electrons. The molecule has 0 saturated heterocycles. The summed E-state index contributed by atoms with van der Waals surface area (Å²) in [4.78, 5) is 22.2. The smallest absolute Gasteiger partial charge is 0.407 e. The number of aliphatic carboxylic acids is 1. The number of hydrogen-bond donors (Lipinski definition) is 2. The first-order valence-corrected chi connectivity index (χ1v) is 5.94. The number of alkyl carbamates (subject to hydrolysis) is 1. The van der Waals surface area contributed by atoms with E-state index in [4.69, 9.17) is 9.84 Å². The molecule has 2 rings (SSSR count). The van der Waals surface area contributed by atoms with Crippen molar-refractivity contribution in [3.05, 3.63) is 0 Å². The summed E-state index contributed by atoms with van der Waals surface area (Å²) in [5.41, 5.74) is -0.514. The molecule has 0 bridgehead atoms. The number of hydrogen-bond acceptors (Lipinski definition) is 3. The molecule has 0 heterocycles. The Bertz CT molecular complexity index is 352. The monoisotopic (exact) mass is 241 g/mol. The van der Waals surface area contributed by atoms with E-state index < -0.39 is 17.7 Å². The first-order chi connectivity index (χ1) is 7.72. The summed E-state index contributed by atoms with van der Waals surface area (Å²) in [6, 6.07) is 0.0780. The minimum absolute atomic E-state index is 0.0223. The summed E-state index contributed by atoms with van der Waals surface area (Å²) in [5, 5.41) is 11.6. The number of carbonyl (C=O) groups excluding carboxylic acids is 1. The lowest BCUT2D eigenvalue weighted by molar-refractivity contribution is -0.140. The van der Waals surface area contributed by atoms with E-state index in [-0.39, 0.29) is 17.4 Å². The Morgan fingerprint density at radius 2 is 1.88 bits per heavy atom. The van der Waals surface area contributed by atoms with Gasteiger partial charge in [0.15, 0.2) is 0 Å². The lowest BCUT2D eigenvalue weighted by Gasteiger charge is -2.37. The van der Waals surface area contributed by atoms with Gasteiger partial charge in [0.2, 0.25) is 0 Å². The molecule has 17 heavy (non-hydrogen) atoms. The Hall–Kier alpha value is -1.26. The zero-order chi connectivity index (χ0) is 12.8. The third-order valence-electron chi connectivity index (χ3n) is 3.51. The molecule has 0 aromatic carbocycles. The minimum Gasteiger partial charge on any atom is -0.481 e. The molecule has 2 N–H and O–H groups in total.